The van der Waals surface area contributed by atoms with E-state index in [0.717, 1.165) is 42.7 Å². The minimum absolute atomic E-state index is 0.832. The van der Waals surface area contributed by atoms with Crippen LogP contribution in [0, 0.1) is 0 Å². The molecule has 2 nitrogen and oxygen atoms in total. The third kappa shape index (κ3) is 5.15. The van der Waals surface area contributed by atoms with Crippen LogP contribution in [0.4, 0.5) is 0 Å². The fourth-order valence-corrected chi connectivity index (χ4v) is 3.48. The molecule has 0 radical (unpaired) electrons. The number of methoxy groups -OCH3 is 2. The Morgan fingerprint density at radius 1 is 0.571 bits per heavy atom. The van der Waals surface area contributed by atoms with Crippen molar-refractivity contribution in [2.45, 2.75) is 0 Å². The summed E-state index contributed by atoms with van der Waals surface area (Å²) in [6.07, 6.45) is 8.39. The Morgan fingerprint density at radius 2 is 0.964 bits per heavy atom. The van der Waals surface area contributed by atoms with Crippen molar-refractivity contribution >= 4 is 56.2 Å². The van der Waals surface area contributed by atoms with Gasteiger partial charge in [0.05, 0.1) is 14.2 Å². The van der Waals surface area contributed by atoms with Gasteiger partial charge in [-0.3, -0.25) is 0 Å². The van der Waals surface area contributed by atoms with E-state index in [4.69, 9.17) is 9.47 Å². The van der Waals surface area contributed by atoms with Crippen LogP contribution in [-0.4, -0.2) is 14.2 Å². The molecule has 0 N–H and O–H groups in total. The summed E-state index contributed by atoms with van der Waals surface area (Å²) >= 11 is 7.19. The molecule has 0 amide bonds. The Labute approximate surface area is 182 Å². The summed E-state index contributed by atoms with van der Waals surface area (Å²) in [5.74, 6) is 1.66. The van der Waals surface area contributed by atoms with Crippen molar-refractivity contribution in [3.63, 3.8) is 0 Å². The summed E-state index contributed by atoms with van der Waals surface area (Å²) < 4.78 is 12.7. The highest BCUT2D eigenvalue weighted by Gasteiger charge is 2.02. The molecule has 0 unspecified atom stereocenters. The maximum Gasteiger partial charge on any atom is 0.119 e. The van der Waals surface area contributed by atoms with E-state index in [1.54, 1.807) is 14.2 Å². The Bertz CT molecular complexity index is 940. The molecule has 142 valence electrons. The zero-order chi connectivity index (χ0) is 19.9. The van der Waals surface area contributed by atoms with Gasteiger partial charge in [0.25, 0.3) is 0 Å². The molecule has 3 rings (SSSR count). The van der Waals surface area contributed by atoms with Crippen molar-refractivity contribution in [2.75, 3.05) is 14.2 Å². The highest BCUT2D eigenvalue weighted by Crippen LogP contribution is 2.27. The van der Waals surface area contributed by atoms with Crippen LogP contribution in [-0.2, 0) is 0 Å². The van der Waals surface area contributed by atoms with Crippen LogP contribution in [0.1, 0.15) is 22.3 Å². The third-order valence-corrected chi connectivity index (χ3v) is 5.73. The van der Waals surface area contributed by atoms with E-state index in [0.29, 0.717) is 0 Å². The predicted molar refractivity (Wildman–Crippen MR) is 126 cm³/mol. The fourth-order valence-electron chi connectivity index (χ4n) is 2.73. The molecule has 0 spiro atoms. The van der Waals surface area contributed by atoms with Gasteiger partial charge >= 0.3 is 0 Å². The molecular formula is C24H20Br2O2. The van der Waals surface area contributed by atoms with Gasteiger partial charge < -0.3 is 9.47 Å². The number of hydrogen-bond donors (Lipinski definition) is 0. The van der Waals surface area contributed by atoms with Crippen LogP contribution in [0.3, 0.4) is 0 Å². The minimum atomic E-state index is 0.832. The second kappa shape index (κ2) is 9.76. The summed E-state index contributed by atoms with van der Waals surface area (Å²) in [6.45, 7) is 0. The summed E-state index contributed by atoms with van der Waals surface area (Å²) in [5, 5.41) is 0. The molecular weight excluding hydrogens is 480 g/mol. The number of benzene rings is 3. The molecule has 3 aromatic rings. The van der Waals surface area contributed by atoms with Gasteiger partial charge in [0.1, 0.15) is 11.5 Å². The average Bonchev–Trinajstić information content (AvgIpc) is 2.73. The summed E-state index contributed by atoms with van der Waals surface area (Å²) in [6, 6.07) is 20.1. The van der Waals surface area contributed by atoms with Gasteiger partial charge in [-0.05, 0) is 58.7 Å². The molecule has 0 heterocycles. The van der Waals surface area contributed by atoms with E-state index in [1.807, 2.05) is 48.5 Å². The normalized spacial score (nSPS) is 11.3. The lowest BCUT2D eigenvalue weighted by atomic mass is 10.0. The predicted octanol–water partition coefficient (Wildman–Crippen LogP) is 7.57. The molecule has 0 aliphatic heterocycles. The monoisotopic (exact) mass is 498 g/mol. The lowest BCUT2D eigenvalue weighted by molar-refractivity contribution is 0.414. The van der Waals surface area contributed by atoms with Crippen LogP contribution in [0.5, 0.6) is 11.5 Å². The standard InChI is InChI=1S/C24H20Br2O2/c1-27-21-11-13-23(25)19(15-21)9-7-17-5-3-4-6-18(17)8-10-20-16-22(28-2)12-14-24(20)26/h3-16H,1-2H3/b9-7-,10-8-. The molecule has 28 heavy (non-hydrogen) atoms. The lowest BCUT2D eigenvalue weighted by Crippen LogP contribution is -1.85. The van der Waals surface area contributed by atoms with E-state index in [2.05, 4.69) is 68.3 Å². The first-order valence-electron chi connectivity index (χ1n) is 8.73. The molecule has 0 aliphatic rings. The Kier molecular flexibility index (Phi) is 7.12. The van der Waals surface area contributed by atoms with Crippen LogP contribution in [0.25, 0.3) is 24.3 Å². The summed E-state index contributed by atoms with van der Waals surface area (Å²) in [7, 11) is 3.35. The third-order valence-electron chi connectivity index (χ3n) is 4.29. The van der Waals surface area contributed by atoms with Gasteiger partial charge in [0, 0.05) is 8.95 Å². The molecule has 0 fully saturated rings. The summed E-state index contributed by atoms with van der Waals surface area (Å²) in [4.78, 5) is 0. The van der Waals surface area contributed by atoms with Crippen LogP contribution < -0.4 is 9.47 Å². The molecule has 0 atom stereocenters. The van der Waals surface area contributed by atoms with E-state index in [-0.39, 0.29) is 0 Å². The Hall–Kier alpha value is -2.30. The van der Waals surface area contributed by atoms with Crippen molar-refractivity contribution in [1.82, 2.24) is 0 Å². The average molecular weight is 500 g/mol. The van der Waals surface area contributed by atoms with Crippen LogP contribution in [0.2, 0.25) is 0 Å². The van der Waals surface area contributed by atoms with Crippen LogP contribution >= 0.6 is 31.9 Å². The molecule has 0 aliphatic carbocycles. The van der Waals surface area contributed by atoms with E-state index in [1.165, 1.54) is 0 Å². The van der Waals surface area contributed by atoms with E-state index >= 15 is 0 Å². The highest BCUT2D eigenvalue weighted by atomic mass is 79.9. The summed E-state index contributed by atoms with van der Waals surface area (Å²) in [5.41, 5.74) is 4.39. The maximum atomic E-state index is 5.32. The van der Waals surface area contributed by atoms with Gasteiger partial charge in [-0.2, -0.15) is 0 Å². The second-order valence-electron chi connectivity index (χ2n) is 6.07. The van der Waals surface area contributed by atoms with E-state index in [9.17, 15) is 0 Å². The first-order chi connectivity index (χ1) is 13.6. The highest BCUT2D eigenvalue weighted by molar-refractivity contribution is 9.10. The topological polar surface area (TPSA) is 18.5 Å². The molecule has 3 aromatic carbocycles. The zero-order valence-electron chi connectivity index (χ0n) is 15.7. The zero-order valence-corrected chi connectivity index (χ0v) is 18.8. The van der Waals surface area contributed by atoms with Crippen molar-refractivity contribution in [3.05, 3.63) is 91.9 Å². The second-order valence-corrected chi connectivity index (χ2v) is 7.78. The molecule has 0 bridgehead atoms. The first-order valence-corrected chi connectivity index (χ1v) is 10.3. The number of halogens is 2. The van der Waals surface area contributed by atoms with Crippen molar-refractivity contribution < 1.29 is 9.47 Å². The number of rotatable bonds is 6. The van der Waals surface area contributed by atoms with Gasteiger partial charge in [0.2, 0.25) is 0 Å². The fraction of sp³-hybridized carbons (Fsp3) is 0.0833. The first kappa shape index (κ1) is 20.4. The molecule has 4 heteroatoms. The number of hydrogen-bond acceptors (Lipinski definition) is 2. The maximum absolute atomic E-state index is 5.32. The molecule has 0 saturated heterocycles. The van der Waals surface area contributed by atoms with Crippen LogP contribution in [0.15, 0.2) is 69.6 Å². The van der Waals surface area contributed by atoms with Crippen molar-refractivity contribution in [2.24, 2.45) is 0 Å². The SMILES string of the molecule is COc1ccc(Br)c(/C=C\c2ccccc2/C=C\c2cc(OC)ccc2Br)c1. The van der Waals surface area contributed by atoms with Gasteiger partial charge in [0.15, 0.2) is 0 Å². The smallest absolute Gasteiger partial charge is 0.119 e. The molecule has 0 saturated carbocycles. The molecule has 0 aromatic heterocycles. The Morgan fingerprint density at radius 3 is 1.36 bits per heavy atom. The van der Waals surface area contributed by atoms with Gasteiger partial charge in [-0.1, -0.05) is 80.4 Å². The lowest BCUT2D eigenvalue weighted by Gasteiger charge is -2.05. The van der Waals surface area contributed by atoms with E-state index < -0.39 is 0 Å². The van der Waals surface area contributed by atoms with Crippen molar-refractivity contribution in [1.29, 1.82) is 0 Å². The quantitative estimate of drug-likeness (QED) is 0.325. The van der Waals surface area contributed by atoms with Gasteiger partial charge in [-0.25, -0.2) is 0 Å². The minimum Gasteiger partial charge on any atom is -0.497 e. The Balaban J connectivity index is 1.90. The number of ether oxygens (including phenoxy) is 2. The largest absolute Gasteiger partial charge is 0.497 e. The van der Waals surface area contributed by atoms with Gasteiger partial charge in [-0.15, -0.1) is 0 Å². The van der Waals surface area contributed by atoms with Crippen molar-refractivity contribution in [3.8, 4) is 11.5 Å².